The fourth-order valence-electron chi connectivity index (χ4n) is 2.61. The van der Waals surface area contributed by atoms with Gasteiger partial charge in [-0.05, 0) is 50.7 Å². The Labute approximate surface area is 131 Å². The van der Waals surface area contributed by atoms with Crippen molar-refractivity contribution in [2.24, 2.45) is 5.73 Å². The van der Waals surface area contributed by atoms with E-state index in [0.717, 1.165) is 12.3 Å². The van der Waals surface area contributed by atoms with E-state index in [1.807, 2.05) is 23.5 Å². The number of hydrogen-bond donors (Lipinski definition) is 1. The van der Waals surface area contributed by atoms with Gasteiger partial charge in [0.2, 0.25) is 0 Å². The maximum absolute atomic E-state index is 6.22. The first-order valence-corrected chi connectivity index (χ1v) is 7.98. The first-order chi connectivity index (χ1) is 10.0. The predicted molar refractivity (Wildman–Crippen MR) is 89.9 cm³/mol. The van der Waals surface area contributed by atoms with Gasteiger partial charge in [-0.3, -0.25) is 4.90 Å². The third-order valence-corrected chi connectivity index (χ3v) is 4.69. The zero-order chi connectivity index (χ0) is 15.4. The number of likely N-dealkylation sites (N-methyl/N-ethyl adjacent to an activating group) is 1. The second kappa shape index (κ2) is 7.07. The molecule has 114 valence electrons. The summed E-state index contributed by atoms with van der Waals surface area (Å²) >= 11 is 1.83. The number of benzene rings is 1. The molecule has 0 saturated heterocycles. The molecule has 2 atom stereocenters. The number of ether oxygens (including phenoxy) is 1. The molecular formula is C17H24N2OS. The molecule has 2 rings (SSSR count). The van der Waals surface area contributed by atoms with Gasteiger partial charge in [0.25, 0.3) is 0 Å². The summed E-state index contributed by atoms with van der Waals surface area (Å²) in [6.07, 6.45) is 0. The van der Waals surface area contributed by atoms with Crippen molar-refractivity contribution in [1.29, 1.82) is 0 Å². The van der Waals surface area contributed by atoms with Crippen LogP contribution in [0.5, 0.6) is 5.75 Å². The largest absolute Gasteiger partial charge is 0.497 e. The molecule has 0 spiro atoms. The topological polar surface area (TPSA) is 38.5 Å². The van der Waals surface area contributed by atoms with Gasteiger partial charge in [0.05, 0.1) is 13.2 Å². The van der Waals surface area contributed by atoms with Gasteiger partial charge in [-0.1, -0.05) is 12.1 Å². The van der Waals surface area contributed by atoms with Gasteiger partial charge in [0.1, 0.15) is 5.75 Å². The van der Waals surface area contributed by atoms with E-state index in [9.17, 15) is 0 Å². The molecule has 4 heteroatoms. The molecule has 0 amide bonds. The normalized spacial score (nSPS) is 14.2. The maximum atomic E-state index is 6.22. The maximum Gasteiger partial charge on any atom is 0.118 e. The Bertz CT molecular complexity index is 562. The summed E-state index contributed by atoms with van der Waals surface area (Å²) < 4.78 is 5.20. The third-order valence-electron chi connectivity index (χ3n) is 3.62. The lowest BCUT2D eigenvalue weighted by atomic mass is 10.1. The van der Waals surface area contributed by atoms with Crippen molar-refractivity contribution in [2.45, 2.75) is 32.5 Å². The standard InChI is InChI=1S/C17H24N2OS/c1-12-5-10-16(21-12)17(13(2)18)19(3)11-14-6-8-15(20-4)9-7-14/h5-10,13,17H,11,18H2,1-4H3. The summed E-state index contributed by atoms with van der Waals surface area (Å²) in [7, 11) is 3.82. The van der Waals surface area contributed by atoms with E-state index in [4.69, 9.17) is 10.5 Å². The lowest BCUT2D eigenvalue weighted by Gasteiger charge is -2.30. The fraction of sp³-hybridized carbons (Fsp3) is 0.412. The van der Waals surface area contributed by atoms with Gasteiger partial charge in [0, 0.05) is 22.3 Å². The van der Waals surface area contributed by atoms with Crippen LogP contribution in [0.25, 0.3) is 0 Å². The summed E-state index contributed by atoms with van der Waals surface area (Å²) in [5, 5.41) is 0. The first kappa shape index (κ1) is 16.0. The lowest BCUT2D eigenvalue weighted by Crippen LogP contribution is -2.36. The van der Waals surface area contributed by atoms with Crippen LogP contribution in [0.1, 0.15) is 28.3 Å². The van der Waals surface area contributed by atoms with Crippen molar-refractivity contribution in [3.63, 3.8) is 0 Å². The van der Waals surface area contributed by atoms with Crippen LogP contribution in [0, 0.1) is 6.92 Å². The van der Waals surface area contributed by atoms with Crippen LogP contribution in [0.15, 0.2) is 36.4 Å². The van der Waals surface area contributed by atoms with Gasteiger partial charge >= 0.3 is 0 Å². The number of methoxy groups -OCH3 is 1. The zero-order valence-electron chi connectivity index (χ0n) is 13.2. The third kappa shape index (κ3) is 4.06. The quantitative estimate of drug-likeness (QED) is 0.886. The van der Waals surface area contributed by atoms with Gasteiger partial charge in [-0.25, -0.2) is 0 Å². The minimum Gasteiger partial charge on any atom is -0.497 e. The van der Waals surface area contributed by atoms with E-state index in [1.165, 1.54) is 15.3 Å². The van der Waals surface area contributed by atoms with Gasteiger partial charge < -0.3 is 10.5 Å². The smallest absolute Gasteiger partial charge is 0.118 e. The molecule has 1 heterocycles. The van der Waals surface area contributed by atoms with Crippen molar-refractivity contribution in [3.05, 3.63) is 51.7 Å². The number of nitrogens with zero attached hydrogens (tertiary/aromatic N) is 1. The first-order valence-electron chi connectivity index (χ1n) is 7.16. The number of rotatable bonds is 6. The molecule has 0 radical (unpaired) electrons. The molecular weight excluding hydrogens is 280 g/mol. The molecule has 2 unspecified atom stereocenters. The SMILES string of the molecule is COc1ccc(CN(C)C(c2ccc(C)s2)C(C)N)cc1. The van der Waals surface area contributed by atoms with Crippen LogP contribution < -0.4 is 10.5 Å². The highest BCUT2D eigenvalue weighted by atomic mass is 32.1. The van der Waals surface area contributed by atoms with E-state index in [0.29, 0.717) is 0 Å². The molecule has 1 aromatic heterocycles. The Kier molecular flexibility index (Phi) is 5.39. The van der Waals surface area contributed by atoms with Crippen LogP contribution in [-0.4, -0.2) is 25.1 Å². The second-order valence-corrected chi connectivity index (χ2v) is 6.84. The Morgan fingerprint density at radius 1 is 1.19 bits per heavy atom. The van der Waals surface area contributed by atoms with Gasteiger partial charge in [-0.15, -0.1) is 11.3 Å². The van der Waals surface area contributed by atoms with Crippen LogP contribution in [0.2, 0.25) is 0 Å². The number of aryl methyl sites for hydroxylation is 1. The Balaban J connectivity index is 2.13. The Hall–Kier alpha value is -1.36. The summed E-state index contributed by atoms with van der Waals surface area (Å²) in [6, 6.07) is 12.9. The van der Waals surface area contributed by atoms with E-state index < -0.39 is 0 Å². The second-order valence-electron chi connectivity index (χ2n) is 5.52. The summed E-state index contributed by atoms with van der Waals surface area (Å²) in [4.78, 5) is 4.98. The van der Waals surface area contributed by atoms with Crippen molar-refractivity contribution < 1.29 is 4.74 Å². The van der Waals surface area contributed by atoms with Crippen molar-refractivity contribution >= 4 is 11.3 Å². The molecule has 0 saturated carbocycles. The van der Waals surface area contributed by atoms with E-state index in [2.05, 4.69) is 50.1 Å². The number of nitrogens with two attached hydrogens (primary N) is 1. The minimum absolute atomic E-state index is 0.0892. The van der Waals surface area contributed by atoms with Crippen molar-refractivity contribution in [1.82, 2.24) is 4.90 Å². The molecule has 1 aromatic carbocycles. The van der Waals surface area contributed by atoms with Gasteiger partial charge in [0.15, 0.2) is 0 Å². The van der Waals surface area contributed by atoms with E-state index >= 15 is 0 Å². The van der Waals surface area contributed by atoms with Gasteiger partial charge in [-0.2, -0.15) is 0 Å². The lowest BCUT2D eigenvalue weighted by molar-refractivity contribution is 0.214. The fourth-order valence-corrected chi connectivity index (χ4v) is 3.77. The highest BCUT2D eigenvalue weighted by Crippen LogP contribution is 2.30. The van der Waals surface area contributed by atoms with E-state index in [-0.39, 0.29) is 12.1 Å². The number of thiophene rings is 1. The van der Waals surface area contributed by atoms with Crippen molar-refractivity contribution in [3.8, 4) is 5.75 Å². The molecule has 2 aromatic rings. The van der Waals surface area contributed by atoms with Crippen LogP contribution in [0.3, 0.4) is 0 Å². The average molecular weight is 304 g/mol. The average Bonchev–Trinajstić information content (AvgIpc) is 2.85. The van der Waals surface area contributed by atoms with Crippen LogP contribution in [0.4, 0.5) is 0 Å². The Morgan fingerprint density at radius 3 is 2.33 bits per heavy atom. The monoisotopic (exact) mass is 304 g/mol. The minimum atomic E-state index is 0.0892. The summed E-state index contributed by atoms with van der Waals surface area (Å²) in [5.74, 6) is 0.888. The molecule has 0 bridgehead atoms. The Morgan fingerprint density at radius 2 is 1.86 bits per heavy atom. The predicted octanol–water partition coefficient (Wildman–Crippen LogP) is 3.59. The highest BCUT2D eigenvalue weighted by molar-refractivity contribution is 7.12. The number of hydrogen-bond acceptors (Lipinski definition) is 4. The van der Waals surface area contributed by atoms with Crippen LogP contribution in [-0.2, 0) is 6.54 Å². The molecule has 0 fully saturated rings. The van der Waals surface area contributed by atoms with E-state index in [1.54, 1.807) is 7.11 Å². The molecule has 2 N–H and O–H groups in total. The molecule has 21 heavy (non-hydrogen) atoms. The summed E-state index contributed by atoms with van der Waals surface area (Å²) in [5.41, 5.74) is 7.48. The van der Waals surface area contributed by atoms with Crippen LogP contribution >= 0.6 is 11.3 Å². The summed E-state index contributed by atoms with van der Waals surface area (Å²) in [6.45, 7) is 5.08. The molecule has 0 aliphatic heterocycles. The van der Waals surface area contributed by atoms with Crippen molar-refractivity contribution in [2.75, 3.05) is 14.2 Å². The zero-order valence-corrected chi connectivity index (χ0v) is 14.0. The highest BCUT2D eigenvalue weighted by Gasteiger charge is 2.22. The molecule has 0 aliphatic carbocycles. The molecule has 0 aliphatic rings. The molecule has 3 nitrogen and oxygen atoms in total.